The molecule has 0 saturated heterocycles. The van der Waals surface area contributed by atoms with Crippen molar-refractivity contribution >= 4 is 52.1 Å². The summed E-state index contributed by atoms with van der Waals surface area (Å²) in [7, 11) is 0. The highest BCUT2D eigenvalue weighted by Gasteiger charge is 2.31. The second-order valence-electron chi connectivity index (χ2n) is 10.6. The molecule has 2 aromatic carbocycles. The Morgan fingerprint density at radius 3 is 2.55 bits per heavy atom. The lowest BCUT2D eigenvalue weighted by Gasteiger charge is -2.23. The van der Waals surface area contributed by atoms with E-state index >= 15 is 0 Å². The highest BCUT2D eigenvalue weighted by Crippen LogP contribution is 2.42. The second kappa shape index (κ2) is 11.5. The molecule has 0 bridgehead atoms. The molecule has 0 radical (unpaired) electrons. The minimum Gasteiger partial charge on any atom is -0.480 e. The lowest BCUT2D eigenvalue weighted by molar-refractivity contribution is -0.139. The molecule has 212 valence electrons. The fourth-order valence-electron chi connectivity index (χ4n) is 4.81. The Bertz CT molecular complexity index is 1490. The molecule has 0 aliphatic heterocycles. The molecule has 1 heterocycles. The molecule has 0 fully saturated rings. The Morgan fingerprint density at radius 1 is 1.12 bits per heavy atom. The molecule has 3 aromatic rings. The molecule has 5 N–H and O–H groups in total. The maximum Gasteiger partial charge on any atom is 0.407 e. The monoisotopic (exact) mass is 571 g/mol. The van der Waals surface area contributed by atoms with E-state index in [-0.39, 0.29) is 36.0 Å². The number of benzene rings is 2. The smallest absolute Gasteiger partial charge is 0.407 e. The van der Waals surface area contributed by atoms with E-state index < -0.39 is 36.1 Å². The van der Waals surface area contributed by atoms with E-state index in [1.165, 1.54) is 6.07 Å². The van der Waals surface area contributed by atoms with E-state index in [4.69, 9.17) is 26.2 Å². The number of anilines is 1. The summed E-state index contributed by atoms with van der Waals surface area (Å²) in [6.45, 7) is 4.66. The summed E-state index contributed by atoms with van der Waals surface area (Å²) in [6.07, 6.45) is 0.556. The number of aromatic nitrogens is 1. The summed E-state index contributed by atoms with van der Waals surface area (Å²) < 4.78 is 10.6. The first-order chi connectivity index (χ1) is 18.8. The number of aryl methyl sites for hydroxylation is 1. The van der Waals surface area contributed by atoms with Gasteiger partial charge in [-0.1, -0.05) is 17.7 Å². The molecule has 4 rings (SSSR count). The number of alkyl carbamates (subject to hydrolysis) is 1. The number of carboxylic acids is 2. The summed E-state index contributed by atoms with van der Waals surface area (Å²) >= 11 is 6.20. The molecule has 1 unspecified atom stereocenters. The molecule has 12 heteroatoms. The van der Waals surface area contributed by atoms with Crippen LogP contribution in [0.3, 0.4) is 0 Å². The number of amides is 2. The SMILES string of the molecule is CC(C)(C)OC(=O)NCc1ccc(NC(=O)CC2CCc3cc(Cl)cc4[nH]c(C(=O)O)c2c34)c(OCC(=O)O)c1. The van der Waals surface area contributed by atoms with Gasteiger partial charge in [-0.05, 0) is 80.5 Å². The first-order valence-corrected chi connectivity index (χ1v) is 13.0. The van der Waals surface area contributed by atoms with Crippen LogP contribution < -0.4 is 15.4 Å². The molecule has 40 heavy (non-hydrogen) atoms. The minimum absolute atomic E-state index is 0.00434. The molecule has 0 saturated carbocycles. The molecular formula is C28H30ClN3O8. The van der Waals surface area contributed by atoms with Crippen LogP contribution in [0, 0.1) is 0 Å². The standard InChI is InChI=1S/C28H30ClN3O8/c1-28(2,3)40-27(38)30-12-14-4-7-18(20(8-14)39-13-22(34)35)31-21(33)10-16-6-5-15-9-17(29)11-19-23(15)24(16)25(32-19)26(36)37/h4,7-9,11,16,32H,5-6,10,12-13H2,1-3H3,(H,30,38)(H,31,33)(H,34,35)(H,36,37). The molecule has 1 atom stereocenters. The zero-order chi connectivity index (χ0) is 29.2. The number of carbonyl (C=O) groups excluding carboxylic acids is 2. The van der Waals surface area contributed by atoms with E-state index in [0.29, 0.717) is 34.5 Å². The lowest BCUT2D eigenvalue weighted by atomic mass is 9.81. The van der Waals surface area contributed by atoms with Gasteiger partial charge < -0.3 is 35.3 Å². The number of hydrogen-bond acceptors (Lipinski definition) is 6. The quantitative estimate of drug-likeness (QED) is 0.237. The van der Waals surface area contributed by atoms with Gasteiger partial charge in [0.15, 0.2) is 6.61 Å². The molecule has 2 amide bonds. The summed E-state index contributed by atoms with van der Waals surface area (Å²) in [5, 5.41) is 25.6. The average molecular weight is 572 g/mol. The maximum absolute atomic E-state index is 13.2. The van der Waals surface area contributed by atoms with Crippen molar-refractivity contribution in [2.24, 2.45) is 0 Å². The predicted molar refractivity (Wildman–Crippen MR) is 147 cm³/mol. The zero-order valence-electron chi connectivity index (χ0n) is 22.2. The van der Waals surface area contributed by atoms with Crippen molar-refractivity contribution in [3.63, 3.8) is 0 Å². The Labute approximate surface area is 234 Å². The second-order valence-corrected chi connectivity index (χ2v) is 11.0. The number of aromatic amines is 1. The van der Waals surface area contributed by atoms with Crippen LogP contribution in [0.15, 0.2) is 30.3 Å². The van der Waals surface area contributed by atoms with Gasteiger partial charge in [0.2, 0.25) is 5.91 Å². The van der Waals surface area contributed by atoms with Gasteiger partial charge in [-0.2, -0.15) is 0 Å². The van der Waals surface area contributed by atoms with E-state index in [1.54, 1.807) is 39.0 Å². The van der Waals surface area contributed by atoms with Crippen molar-refractivity contribution in [1.82, 2.24) is 10.3 Å². The van der Waals surface area contributed by atoms with Gasteiger partial charge in [0.25, 0.3) is 0 Å². The highest BCUT2D eigenvalue weighted by atomic mass is 35.5. The van der Waals surface area contributed by atoms with E-state index in [0.717, 1.165) is 10.9 Å². The van der Waals surface area contributed by atoms with Gasteiger partial charge in [0, 0.05) is 28.9 Å². The number of rotatable bonds is 9. The van der Waals surface area contributed by atoms with Gasteiger partial charge in [-0.3, -0.25) is 4.79 Å². The number of hydrogen-bond donors (Lipinski definition) is 5. The van der Waals surface area contributed by atoms with Crippen LogP contribution in [-0.2, 0) is 27.3 Å². The van der Waals surface area contributed by atoms with Crippen molar-refractivity contribution in [2.45, 2.75) is 58.1 Å². The molecule has 1 aliphatic carbocycles. The first kappa shape index (κ1) is 28.8. The van der Waals surface area contributed by atoms with Crippen LogP contribution in [0.5, 0.6) is 5.75 Å². The number of carboxylic acid groups (broad SMARTS) is 2. The summed E-state index contributed by atoms with van der Waals surface area (Å²) in [6, 6.07) is 8.21. The van der Waals surface area contributed by atoms with Crippen molar-refractivity contribution < 1.29 is 38.9 Å². The molecule has 11 nitrogen and oxygen atoms in total. The maximum atomic E-state index is 13.2. The number of aromatic carboxylic acids is 1. The van der Waals surface area contributed by atoms with Crippen LogP contribution in [0.4, 0.5) is 10.5 Å². The number of nitrogens with one attached hydrogen (secondary N) is 3. The largest absolute Gasteiger partial charge is 0.480 e. The number of H-pyrrole nitrogens is 1. The predicted octanol–water partition coefficient (Wildman–Crippen LogP) is 5.07. The Balaban J connectivity index is 1.52. The zero-order valence-corrected chi connectivity index (χ0v) is 23.0. The Kier molecular flexibility index (Phi) is 8.24. The summed E-state index contributed by atoms with van der Waals surface area (Å²) in [4.78, 5) is 51.2. The molecule has 0 spiro atoms. The fraction of sp³-hybridized carbons (Fsp3) is 0.357. The van der Waals surface area contributed by atoms with Crippen LogP contribution in [0.1, 0.15) is 66.7 Å². The van der Waals surface area contributed by atoms with Gasteiger partial charge in [-0.25, -0.2) is 14.4 Å². The number of aliphatic carboxylic acids is 1. The number of ether oxygens (including phenoxy) is 2. The lowest BCUT2D eigenvalue weighted by Crippen LogP contribution is -2.32. The van der Waals surface area contributed by atoms with Gasteiger partial charge in [-0.15, -0.1) is 0 Å². The molecule has 1 aromatic heterocycles. The Hall–Kier alpha value is -4.25. The third-order valence-corrected chi connectivity index (χ3v) is 6.52. The van der Waals surface area contributed by atoms with Gasteiger partial charge in [0.1, 0.15) is 17.0 Å². The van der Waals surface area contributed by atoms with Crippen molar-refractivity contribution in [3.8, 4) is 5.75 Å². The van der Waals surface area contributed by atoms with Crippen LogP contribution in [0.2, 0.25) is 5.02 Å². The Morgan fingerprint density at radius 2 is 1.88 bits per heavy atom. The van der Waals surface area contributed by atoms with Crippen molar-refractivity contribution in [2.75, 3.05) is 11.9 Å². The summed E-state index contributed by atoms with van der Waals surface area (Å²) in [5.41, 5.74) is 2.31. The molecule has 1 aliphatic rings. The highest BCUT2D eigenvalue weighted by molar-refractivity contribution is 6.31. The van der Waals surface area contributed by atoms with Gasteiger partial charge >= 0.3 is 18.0 Å². The topological polar surface area (TPSA) is 167 Å². The van der Waals surface area contributed by atoms with E-state index in [1.807, 2.05) is 6.07 Å². The number of halogens is 1. The number of carbonyl (C=O) groups is 4. The van der Waals surface area contributed by atoms with Crippen molar-refractivity contribution in [3.05, 3.63) is 57.7 Å². The first-order valence-electron chi connectivity index (χ1n) is 12.6. The van der Waals surface area contributed by atoms with Gasteiger partial charge in [0.05, 0.1) is 5.69 Å². The van der Waals surface area contributed by atoms with Crippen LogP contribution in [0.25, 0.3) is 10.9 Å². The summed E-state index contributed by atoms with van der Waals surface area (Å²) in [5.74, 6) is -2.98. The third-order valence-electron chi connectivity index (χ3n) is 6.31. The fourth-order valence-corrected chi connectivity index (χ4v) is 5.05. The minimum atomic E-state index is -1.20. The van der Waals surface area contributed by atoms with Crippen LogP contribution >= 0.6 is 11.6 Å². The van der Waals surface area contributed by atoms with E-state index in [2.05, 4.69) is 15.6 Å². The van der Waals surface area contributed by atoms with E-state index in [9.17, 15) is 24.3 Å². The third kappa shape index (κ3) is 6.84. The van der Waals surface area contributed by atoms with Crippen LogP contribution in [-0.4, -0.2) is 51.3 Å². The normalized spacial score (nSPS) is 14.4. The average Bonchev–Trinajstić information content (AvgIpc) is 3.23. The van der Waals surface area contributed by atoms with Crippen molar-refractivity contribution in [1.29, 1.82) is 0 Å². The molecular weight excluding hydrogens is 542 g/mol.